The van der Waals surface area contributed by atoms with Gasteiger partial charge < -0.3 is 5.73 Å². The average molecular weight is 193 g/mol. The quantitative estimate of drug-likeness (QED) is 0.791. The molecular formula is C9H11N3S. The molecule has 0 radical (unpaired) electrons. The number of thiophene rings is 1. The molecule has 2 N–H and O–H groups in total. The summed E-state index contributed by atoms with van der Waals surface area (Å²) in [6.45, 7) is 2.91. The van der Waals surface area contributed by atoms with E-state index in [0.717, 1.165) is 6.54 Å². The minimum absolute atomic E-state index is 0.715. The van der Waals surface area contributed by atoms with Crippen molar-refractivity contribution in [1.82, 2.24) is 9.78 Å². The van der Waals surface area contributed by atoms with Gasteiger partial charge in [-0.15, -0.1) is 11.3 Å². The van der Waals surface area contributed by atoms with Crippen molar-refractivity contribution in [2.75, 3.05) is 5.73 Å². The number of hydrogen-bond acceptors (Lipinski definition) is 3. The van der Waals surface area contributed by atoms with E-state index in [1.54, 1.807) is 17.5 Å². The molecule has 2 heterocycles. The van der Waals surface area contributed by atoms with Crippen LogP contribution in [0.3, 0.4) is 0 Å². The van der Waals surface area contributed by atoms with E-state index in [1.165, 1.54) is 10.4 Å². The number of anilines is 1. The third kappa shape index (κ3) is 1.89. The Balaban J connectivity index is 2.14. The zero-order chi connectivity index (χ0) is 9.26. The van der Waals surface area contributed by atoms with E-state index in [9.17, 15) is 0 Å². The lowest BCUT2D eigenvalue weighted by atomic mass is 10.3. The normalized spacial score (nSPS) is 10.5. The van der Waals surface area contributed by atoms with Crippen molar-refractivity contribution < 1.29 is 0 Å². The molecule has 2 aromatic heterocycles. The SMILES string of the molecule is Cc1cc(Cn2cc(N)cn2)cs1. The number of hydrogen-bond donors (Lipinski definition) is 1. The summed E-state index contributed by atoms with van der Waals surface area (Å²) in [5.74, 6) is 0. The zero-order valence-corrected chi connectivity index (χ0v) is 8.21. The van der Waals surface area contributed by atoms with Crippen LogP contribution in [0.2, 0.25) is 0 Å². The first kappa shape index (κ1) is 8.31. The summed E-state index contributed by atoms with van der Waals surface area (Å²) in [6.07, 6.45) is 3.51. The van der Waals surface area contributed by atoms with Crippen molar-refractivity contribution in [1.29, 1.82) is 0 Å². The molecule has 0 aliphatic heterocycles. The van der Waals surface area contributed by atoms with Gasteiger partial charge in [0, 0.05) is 11.1 Å². The molecule has 0 aliphatic carbocycles. The van der Waals surface area contributed by atoms with E-state index < -0.39 is 0 Å². The molecule has 2 aromatic rings. The molecule has 0 unspecified atom stereocenters. The minimum Gasteiger partial charge on any atom is -0.396 e. The van der Waals surface area contributed by atoms with Gasteiger partial charge in [0.05, 0.1) is 18.4 Å². The maximum atomic E-state index is 5.56. The topological polar surface area (TPSA) is 43.8 Å². The smallest absolute Gasteiger partial charge is 0.0719 e. The Morgan fingerprint density at radius 1 is 1.62 bits per heavy atom. The van der Waals surface area contributed by atoms with Crippen LogP contribution in [0, 0.1) is 6.92 Å². The molecule has 0 saturated heterocycles. The Bertz CT molecular complexity index is 364. The molecule has 0 aliphatic rings. The standard InChI is InChI=1S/C9H11N3S/c1-7-2-8(6-13-7)4-12-5-9(10)3-11-12/h2-3,5-6H,4,10H2,1H3. The molecule has 3 nitrogen and oxygen atoms in total. The number of nitrogens with zero attached hydrogens (tertiary/aromatic N) is 2. The van der Waals surface area contributed by atoms with Crippen LogP contribution in [0.1, 0.15) is 10.4 Å². The maximum Gasteiger partial charge on any atom is 0.0719 e. The van der Waals surface area contributed by atoms with Crippen molar-refractivity contribution in [2.24, 2.45) is 0 Å². The number of rotatable bonds is 2. The number of aryl methyl sites for hydroxylation is 1. The highest BCUT2D eigenvalue weighted by molar-refractivity contribution is 7.10. The highest BCUT2D eigenvalue weighted by atomic mass is 32.1. The number of nitrogens with two attached hydrogens (primary N) is 1. The van der Waals surface area contributed by atoms with Crippen molar-refractivity contribution in [3.05, 3.63) is 34.3 Å². The van der Waals surface area contributed by atoms with Gasteiger partial charge in [-0.2, -0.15) is 5.10 Å². The molecule has 68 valence electrons. The Morgan fingerprint density at radius 2 is 2.46 bits per heavy atom. The first-order chi connectivity index (χ1) is 6.24. The maximum absolute atomic E-state index is 5.56. The molecule has 2 rings (SSSR count). The molecule has 0 saturated carbocycles. The van der Waals surface area contributed by atoms with E-state index in [0.29, 0.717) is 5.69 Å². The zero-order valence-electron chi connectivity index (χ0n) is 7.40. The predicted molar refractivity (Wildman–Crippen MR) is 54.8 cm³/mol. The second-order valence-electron chi connectivity index (χ2n) is 3.04. The summed E-state index contributed by atoms with van der Waals surface area (Å²) in [5, 5.41) is 6.26. The van der Waals surface area contributed by atoms with E-state index in [2.05, 4.69) is 23.5 Å². The molecule has 13 heavy (non-hydrogen) atoms. The van der Waals surface area contributed by atoms with E-state index in [1.807, 2.05) is 10.9 Å². The number of aromatic nitrogens is 2. The highest BCUT2D eigenvalue weighted by Crippen LogP contribution is 2.14. The lowest BCUT2D eigenvalue weighted by Crippen LogP contribution is -1.98. The summed E-state index contributed by atoms with van der Waals surface area (Å²) in [7, 11) is 0. The van der Waals surface area contributed by atoms with Gasteiger partial charge in [-0.1, -0.05) is 0 Å². The van der Waals surface area contributed by atoms with Crippen LogP contribution in [0.5, 0.6) is 0 Å². The van der Waals surface area contributed by atoms with Crippen molar-refractivity contribution >= 4 is 17.0 Å². The van der Waals surface area contributed by atoms with Crippen LogP contribution in [0.25, 0.3) is 0 Å². The molecule has 0 bridgehead atoms. The Labute approximate surface area is 80.8 Å². The minimum atomic E-state index is 0.715. The van der Waals surface area contributed by atoms with E-state index in [-0.39, 0.29) is 0 Å². The fourth-order valence-electron chi connectivity index (χ4n) is 1.23. The third-order valence-electron chi connectivity index (χ3n) is 1.78. The average Bonchev–Trinajstić information content (AvgIpc) is 2.62. The molecule has 0 aromatic carbocycles. The van der Waals surface area contributed by atoms with Crippen LogP contribution in [-0.4, -0.2) is 9.78 Å². The first-order valence-corrected chi connectivity index (χ1v) is 4.94. The fraction of sp³-hybridized carbons (Fsp3) is 0.222. The van der Waals surface area contributed by atoms with E-state index in [4.69, 9.17) is 5.73 Å². The summed E-state index contributed by atoms with van der Waals surface area (Å²) in [4.78, 5) is 1.33. The van der Waals surface area contributed by atoms with Crippen LogP contribution >= 0.6 is 11.3 Å². The van der Waals surface area contributed by atoms with Crippen molar-refractivity contribution in [2.45, 2.75) is 13.5 Å². The van der Waals surface area contributed by atoms with Gasteiger partial charge in [0.1, 0.15) is 0 Å². The van der Waals surface area contributed by atoms with Gasteiger partial charge in [-0.3, -0.25) is 4.68 Å². The van der Waals surface area contributed by atoms with Gasteiger partial charge >= 0.3 is 0 Å². The van der Waals surface area contributed by atoms with Gasteiger partial charge in [0.15, 0.2) is 0 Å². The van der Waals surface area contributed by atoms with Crippen LogP contribution in [-0.2, 0) is 6.54 Å². The highest BCUT2D eigenvalue weighted by Gasteiger charge is 1.98. The summed E-state index contributed by atoms with van der Waals surface area (Å²) < 4.78 is 1.84. The molecule has 0 amide bonds. The Kier molecular flexibility index (Phi) is 2.06. The second kappa shape index (κ2) is 3.22. The van der Waals surface area contributed by atoms with Crippen LogP contribution < -0.4 is 5.73 Å². The van der Waals surface area contributed by atoms with Crippen LogP contribution in [0.15, 0.2) is 23.8 Å². The van der Waals surface area contributed by atoms with Gasteiger partial charge in [-0.05, 0) is 23.9 Å². The first-order valence-electron chi connectivity index (χ1n) is 4.06. The number of nitrogen functional groups attached to an aromatic ring is 1. The molecule has 4 heteroatoms. The van der Waals surface area contributed by atoms with Crippen molar-refractivity contribution in [3.63, 3.8) is 0 Å². The Morgan fingerprint density at radius 3 is 3.00 bits per heavy atom. The van der Waals surface area contributed by atoms with Gasteiger partial charge in [-0.25, -0.2) is 0 Å². The van der Waals surface area contributed by atoms with Gasteiger partial charge in [0.25, 0.3) is 0 Å². The lowest BCUT2D eigenvalue weighted by molar-refractivity contribution is 0.688. The summed E-state index contributed by atoms with van der Waals surface area (Å²) in [6, 6.07) is 2.17. The molecule has 0 spiro atoms. The lowest BCUT2D eigenvalue weighted by Gasteiger charge is -1.96. The summed E-state index contributed by atoms with van der Waals surface area (Å²) >= 11 is 1.76. The van der Waals surface area contributed by atoms with Crippen LogP contribution in [0.4, 0.5) is 5.69 Å². The molecular weight excluding hydrogens is 182 g/mol. The van der Waals surface area contributed by atoms with Crippen molar-refractivity contribution in [3.8, 4) is 0 Å². The Hall–Kier alpha value is -1.29. The monoisotopic (exact) mass is 193 g/mol. The molecule has 0 fully saturated rings. The summed E-state index contributed by atoms with van der Waals surface area (Å²) in [5.41, 5.74) is 7.55. The molecule has 0 atom stereocenters. The van der Waals surface area contributed by atoms with E-state index >= 15 is 0 Å². The van der Waals surface area contributed by atoms with Gasteiger partial charge in [0.2, 0.25) is 0 Å². The fourth-order valence-corrected chi connectivity index (χ4v) is 1.93. The predicted octanol–water partition coefficient (Wildman–Crippen LogP) is 1.88. The second-order valence-corrected chi connectivity index (χ2v) is 4.15. The third-order valence-corrected chi connectivity index (χ3v) is 2.69. The largest absolute Gasteiger partial charge is 0.396 e.